The predicted octanol–water partition coefficient (Wildman–Crippen LogP) is 4.80. The number of nitriles is 1. The third kappa shape index (κ3) is 4.40. The van der Waals surface area contributed by atoms with Crippen LogP contribution in [0.1, 0.15) is 39.7 Å². The van der Waals surface area contributed by atoms with Crippen molar-refractivity contribution in [3.05, 3.63) is 73.9 Å². The molecule has 2 N–H and O–H groups in total. The van der Waals surface area contributed by atoms with Gasteiger partial charge in [-0.25, -0.2) is 18.7 Å². The van der Waals surface area contributed by atoms with E-state index in [-0.39, 0.29) is 44.7 Å². The molecule has 0 unspecified atom stereocenters. The lowest BCUT2D eigenvalue weighted by atomic mass is 9.97. The number of nitrogens with zero attached hydrogens (tertiary/aromatic N) is 5. The Kier molecular flexibility index (Phi) is 6.41. The van der Waals surface area contributed by atoms with Crippen LogP contribution in [0, 0.1) is 23.0 Å². The summed E-state index contributed by atoms with van der Waals surface area (Å²) in [5.74, 6) is -1.97. The summed E-state index contributed by atoms with van der Waals surface area (Å²) < 4.78 is 37.1. The molecule has 4 aromatic rings. The molecule has 0 radical (unpaired) electrons. The summed E-state index contributed by atoms with van der Waals surface area (Å²) in [7, 11) is 1.53. The molecule has 3 heterocycles. The van der Waals surface area contributed by atoms with Gasteiger partial charge in [0.25, 0.3) is 0 Å². The number of hydrogen-bond acceptors (Lipinski definition) is 8. The average Bonchev–Trinajstić information content (AvgIpc) is 3.41. The quantitative estimate of drug-likeness (QED) is 0.346. The number of carbonyl (C=O) groups excluding carboxylic acids is 1. The van der Waals surface area contributed by atoms with E-state index in [0.29, 0.717) is 10.5 Å². The average molecular weight is 545 g/mol. The van der Waals surface area contributed by atoms with Gasteiger partial charge < -0.3 is 10.5 Å². The van der Waals surface area contributed by atoms with Crippen LogP contribution in [-0.4, -0.2) is 25.5 Å². The van der Waals surface area contributed by atoms with Crippen molar-refractivity contribution >= 4 is 38.9 Å². The monoisotopic (exact) mass is 544 g/mol. The lowest BCUT2D eigenvalue weighted by molar-refractivity contribution is 0.103. The van der Waals surface area contributed by atoms with Crippen LogP contribution in [-0.2, 0) is 7.05 Å². The minimum absolute atomic E-state index is 0.00546. The van der Waals surface area contributed by atoms with Gasteiger partial charge in [0.05, 0.1) is 11.2 Å². The van der Waals surface area contributed by atoms with Gasteiger partial charge in [0.2, 0.25) is 5.78 Å². The minimum atomic E-state index is -0.913. The second kappa shape index (κ2) is 9.28. The molecule has 0 amide bonds. The van der Waals surface area contributed by atoms with E-state index in [1.54, 1.807) is 13.0 Å². The highest BCUT2D eigenvalue weighted by Gasteiger charge is 2.27. The number of benzene rings is 1. The van der Waals surface area contributed by atoms with Crippen molar-refractivity contribution in [1.82, 2.24) is 19.7 Å². The summed E-state index contributed by atoms with van der Waals surface area (Å²) >= 11 is 4.26. The number of nitrogen functional groups attached to an aromatic ring is 1. The van der Waals surface area contributed by atoms with Gasteiger partial charge in [-0.15, -0.1) is 11.3 Å². The highest BCUT2D eigenvalue weighted by molar-refractivity contribution is 9.10. The number of aryl methyl sites for hydroxylation is 1. The van der Waals surface area contributed by atoms with E-state index >= 15 is 4.39 Å². The van der Waals surface area contributed by atoms with E-state index in [1.165, 1.54) is 29.5 Å². The summed E-state index contributed by atoms with van der Waals surface area (Å²) in [6, 6.07) is 6.68. The van der Waals surface area contributed by atoms with Gasteiger partial charge in [0.15, 0.2) is 11.6 Å². The number of hydrogen-bond donors (Lipinski definition) is 1. The van der Waals surface area contributed by atoms with Crippen molar-refractivity contribution in [2.45, 2.75) is 13.0 Å². The molecule has 0 aliphatic rings. The highest BCUT2D eigenvalue weighted by atomic mass is 79.9. The first-order chi connectivity index (χ1) is 16.2. The molecule has 3 aromatic heterocycles. The fourth-order valence-corrected chi connectivity index (χ4v) is 4.38. The Labute approximate surface area is 204 Å². The number of carbonyl (C=O) groups is 1. The standard InChI is InChI=1S/C22H15BrF2N6O2S/c1-10(33-17-3-11(23)8-28-22(17)27)14-4-12(24)5-15(25)18(14)19-21(34-9-29-19)20(32)16-6-13(7-26)31(2)30-16/h3-6,8-10H,1-2H3,(H2,27,28)/t10-/m1/s1. The molecule has 0 spiro atoms. The maximum Gasteiger partial charge on any atom is 0.225 e. The molecule has 0 bridgehead atoms. The molecule has 0 saturated heterocycles. The number of rotatable bonds is 6. The van der Waals surface area contributed by atoms with E-state index in [4.69, 9.17) is 15.7 Å². The second-order valence-electron chi connectivity index (χ2n) is 7.16. The molecule has 0 fully saturated rings. The van der Waals surface area contributed by atoms with Crippen LogP contribution in [0.15, 0.2) is 40.4 Å². The Morgan fingerprint density at radius 1 is 1.29 bits per heavy atom. The van der Waals surface area contributed by atoms with Crippen LogP contribution < -0.4 is 10.5 Å². The molecule has 4 rings (SSSR count). The van der Waals surface area contributed by atoms with Gasteiger partial charge in [-0.3, -0.25) is 9.48 Å². The number of ether oxygens (including phenoxy) is 1. The number of pyridine rings is 1. The Balaban J connectivity index is 1.79. The maximum atomic E-state index is 15.1. The van der Waals surface area contributed by atoms with Crippen molar-refractivity contribution in [1.29, 1.82) is 5.26 Å². The molecule has 34 heavy (non-hydrogen) atoms. The van der Waals surface area contributed by atoms with Crippen LogP contribution in [0.25, 0.3) is 11.3 Å². The number of aromatic nitrogens is 4. The molecule has 1 atom stereocenters. The first kappa shape index (κ1) is 23.5. The van der Waals surface area contributed by atoms with Crippen molar-refractivity contribution in [3.63, 3.8) is 0 Å². The van der Waals surface area contributed by atoms with Crippen LogP contribution in [0.4, 0.5) is 14.6 Å². The number of ketones is 1. The first-order valence-electron chi connectivity index (χ1n) is 9.69. The second-order valence-corrected chi connectivity index (χ2v) is 8.93. The summed E-state index contributed by atoms with van der Waals surface area (Å²) in [5, 5.41) is 13.2. The summed E-state index contributed by atoms with van der Waals surface area (Å²) in [4.78, 5) is 21.4. The SMILES string of the molecule is C[C@@H](Oc1cc(Br)cnc1N)c1cc(F)cc(F)c1-c1ncsc1C(=O)c1cc(C#N)n(C)n1. The Hall–Kier alpha value is -3.69. The Bertz CT molecular complexity index is 1460. The van der Waals surface area contributed by atoms with Gasteiger partial charge >= 0.3 is 0 Å². The predicted molar refractivity (Wildman–Crippen MR) is 124 cm³/mol. The maximum absolute atomic E-state index is 15.1. The molecule has 12 heteroatoms. The molecule has 1 aromatic carbocycles. The van der Waals surface area contributed by atoms with Gasteiger partial charge in [0, 0.05) is 41.0 Å². The van der Waals surface area contributed by atoms with Crippen LogP contribution in [0.2, 0.25) is 0 Å². The lowest BCUT2D eigenvalue weighted by Crippen LogP contribution is -2.10. The molecular weight excluding hydrogens is 530 g/mol. The number of halogens is 3. The third-order valence-electron chi connectivity index (χ3n) is 4.91. The van der Waals surface area contributed by atoms with Crippen LogP contribution in [0.3, 0.4) is 0 Å². The molecule has 0 saturated carbocycles. The number of nitrogens with two attached hydrogens (primary N) is 1. The van der Waals surface area contributed by atoms with Crippen LogP contribution in [0.5, 0.6) is 5.75 Å². The van der Waals surface area contributed by atoms with Crippen molar-refractivity contribution in [3.8, 4) is 23.1 Å². The molecule has 0 aliphatic carbocycles. The molecular formula is C22H15BrF2N6O2S. The normalized spacial score (nSPS) is 11.8. The van der Waals surface area contributed by atoms with Crippen molar-refractivity contribution in [2.75, 3.05) is 5.73 Å². The summed E-state index contributed by atoms with van der Waals surface area (Å²) in [6.45, 7) is 1.59. The Morgan fingerprint density at radius 3 is 2.76 bits per heavy atom. The number of anilines is 1. The molecule has 0 aliphatic heterocycles. The van der Waals surface area contributed by atoms with Gasteiger partial charge in [-0.2, -0.15) is 10.4 Å². The zero-order valence-electron chi connectivity index (χ0n) is 17.7. The summed E-state index contributed by atoms with van der Waals surface area (Å²) in [6.07, 6.45) is 0.603. The van der Waals surface area contributed by atoms with E-state index in [2.05, 4.69) is 31.0 Å². The molecule has 172 valence electrons. The summed E-state index contributed by atoms with van der Waals surface area (Å²) in [5.41, 5.74) is 7.49. The highest BCUT2D eigenvalue weighted by Crippen LogP contribution is 2.38. The van der Waals surface area contributed by atoms with E-state index in [9.17, 15) is 9.18 Å². The van der Waals surface area contributed by atoms with Crippen molar-refractivity contribution in [2.24, 2.45) is 7.05 Å². The minimum Gasteiger partial charge on any atom is -0.482 e. The van der Waals surface area contributed by atoms with E-state index in [1.807, 2.05) is 6.07 Å². The van der Waals surface area contributed by atoms with Gasteiger partial charge in [-0.05, 0) is 35.0 Å². The van der Waals surface area contributed by atoms with E-state index in [0.717, 1.165) is 17.4 Å². The van der Waals surface area contributed by atoms with Gasteiger partial charge in [-0.1, -0.05) is 0 Å². The smallest absolute Gasteiger partial charge is 0.225 e. The third-order valence-corrected chi connectivity index (χ3v) is 6.17. The Morgan fingerprint density at radius 2 is 2.06 bits per heavy atom. The lowest BCUT2D eigenvalue weighted by Gasteiger charge is -2.20. The van der Waals surface area contributed by atoms with Gasteiger partial charge in [0.1, 0.15) is 40.1 Å². The zero-order chi connectivity index (χ0) is 24.6. The van der Waals surface area contributed by atoms with Crippen molar-refractivity contribution < 1.29 is 18.3 Å². The topological polar surface area (TPSA) is 120 Å². The fourth-order valence-electron chi connectivity index (χ4n) is 3.33. The van der Waals surface area contributed by atoms with E-state index < -0.39 is 23.5 Å². The fraction of sp³-hybridized carbons (Fsp3) is 0.136. The zero-order valence-corrected chi connectivity index (χ0v) is 20.1. The largest absolute Gasteiger partial charge is 0.482 e. The number of thiazole rings is 1. The molecule has 8 nitrogen and oxygen atoms in total. The first-order valence-corrected chi connectivity index (χ1v) is 11.4. The van der Waals surface area contributed by atoms with Crippen LogP contribution >= 0.6 is 27.3 Å².